The second kappa shape index (κ2) is 10.8. The lowest BCUT2D eigenvalue weighted by atomic mass is 9.71. The molecule has 1 N–H and O–H groups in total. The average molecular weight is 497 g/mol. The Morgan fingerprint density at radius 2 is 1.70 bits per heavy atom. The van der Waals surface area contributed by atoms with Crippen molar-refractivity contribution in [2.45, 2.75) is 50.5 Å². The average Bonchev–Trinajstić information content (AvgIpc) is 3.40. The molecule has 5 rings (SSSR count). The van der Waals surface area contributed by atoms with Gasteiger partial charge in [0.1, 0.15) is 0 Å². The summed E-state index contributed by atoms with van der Waals surface area (Å²) in [6, 6.07) is 17.8. The fourth-order valence-electron chi connectivity index (χ4n) is 5.67. The van der Waals surface area contributed by atoms with Crippen molar-refractivity contribution in [2.24, 2.45) is 5.10 Å². The van der Waals surface area contributed by atoms with E-state index in [-0.39, 0.29) is 17.9 Å². The first kappa shape index (κ1) is 25.0. The van der Waals surface area contributed by atoms with E-state index >= 15 is 0 Å². The van der Waals surface area contributed by atoms with E-state index in [9.17, 15) is 9.59 Å². The molecule has 2 heterocycles. The maximum atomic E-state index is 13.8. The zero-order valence-corrected chi connectivity index (χ0v) is 21.8. The minimum atomic E-state index is -0.645. The number of likely N-dealkylation sites (tertiary alicyclic amines) is 1. The largest absolute Gasteiger partial charge is 0.349 e. The van der Waals surface area contributed by atoms with Crippen molar-refractivity contribution < 1.29 is 9.59 Å². The molecule has 37 heavy (non-hydrogen) atoms. The van der Waals surface area contributed by atoms with Crippen molar-refractivity contribution in [3.8, 4) is 0 Å². The highest BCUT2D eigenvalue weighted by Crippen LogP contribution is 2.37. The molecule has 0 unspecified atom stereocenters. The summed E-state index contributed by atoms with van der Waals surface area (Å²) in [5.74, 6) is 0.0760. The molecule has 1 saturated heterocycles. The van der Waals surface area contributed by atoms with Crippen molar-refractivity contribution in [1.29, 1.82) is 0 Å². The lowest BCUT2D eigenvalue weighted by molar-refractivity contribution is -0.129. The van der Waals surface area contributed by atoms with E-state index in [1.165, 1.54) is 5.57 Å². The number of hydrogen-bond donors (Lipinski definition) is 1. The van der Waals surface area contributed by atoms with Gasteiger partial charge in [-0.25, -0.2) is 0 Å². The van der Waals surface area contributed by atoms with Crippen LogP contribution in [0.5, 0.6) is 0 Å². The van der Waals surface area contributed by atoms with Gasteiger partial charge in [-0.05, 0) is 61.4 Å². The van der Waals surface area contributed by atoms with Crippen molar-refractivity contribution in [3.63, 3.8) is 0 Å². The van der Waals surface area contributed by atoms with E-state index in [0.717, 1.165) is 42.6 Å². The molecule has 3 aliphatic rings. The molecule has 0 radical (unpaired) electrons. The third-order valence-electron chi connectivity index (χ3n) is 8.04. The molecular weight excluding hydrogens is 460 g/mol. The number of carbonyl (C=O) groups excluding carboxylic acids is 2. The summed E-state index contributed by atoms with van der Waals surface area (Å²) in [7, 11) is 1.97. The number of rotatable bonds is 6. The summed E-state index contributed by atoms with van der Waals surface area (Å²) < 4.78 is 0. The van der Waals surface area contributed by atoms with Crippen molar-refractivity contribution in [1.82, 2.24) is 15.2 Å². The second-order valence-corrected chi connectivity index (χ2v) is 10.4. The van der Waals surface area contributed by atoms with E-state index in [1.807, 2.05) is 71.6 Å². The summed E-state index contributed by atoms with van der Waals surface area (Å²) in [5.41, 5.74) is 4.44. The standard InChI is InChI=1S/C31H36N4O2/c1-23(24-9-5-3-6-10-24)32-30(37)31(27-11-7-4-8-12-27)18-21-35(22-19-31)29(36)26-15-13-25(14-16-26)28-17-20-34(2)33-28/h3-5,7-9,11-16,23H,6,10,17-22H2,1-2H3,(H,32,37)/t23-/m0/s1. The Kier molecular flexibility index (Phi) is 7.26. The molecule has 1 fully saturated rings. The zero-order valence-electron chi connectivity index (χ0n) is 21.8. The van der Waals surface area contributed by atoms with E-state index in [0.29, 0.717) is 31.5 Å². The summed E-state index contributed by atoms with van der Waals surface area (Å²) >= 11 is 0. The Hall–Kier alpha value is -3.67. The molecule has 0 spiro atoms. The van der Waals surface area contributed by atoms with Gasteiger partial charge in [0.05, 0.1) is 11.1 Å². The third-order valence-corrected chi connectivity index (χ3v) is 8.04. The molecule has 0 aromatic heterocycles. The summed E-state index contributed by atoms with van der Waals surface area (Å²) in [6.07, 6.45) is 10.5. The smallest absolute Gasteiger partial charge is 0.253 e. The number of hydrazone groups is 1. The molecule has 2 aromatic carbocycles. The molecule has 0 bridgehead atoms. The van der Waals surface area contributed by atoms with Crippen LogP contribution < -0.4 is 5.32 Å². The van der Waals surface area contributed by atoms with Gasteiger partial charge in [0.25, 0.3) is 5.91 Å². The first-order valence-electron chi connectivity index (χ1n) is 13.4. The number of carbonyl (C=O) groups is 2. The van der Waals surface area contributed by atoms with E-state index in [4.69, 9.17) is 0 Å². The third kappa shape index (κ3) is 5.24. The first-order valence-corrected chi connectivity index (χ1v) is 13.4. The van der Waals surface area contributed by atoms with Crippen molar-refractivity contribution >= 4 is 17.5 Å². The highest BCUT2D eigenvalue weighted by Gasteiger charge is 2.44. The Labute approximate surface area is 219 Å². The van der Waals surface area contributed by atoms with Gasteiger partial charge in [-0.1, -0.05) is 60.7 Å². The molecule has 2 aromatic rings. The van der Waals surface area contributed by atoms with Crippen LogP contribution in [0.3, 0.4) is 0 Å². The van der Waals surface area contributed by atoms with Gasteiger partial charge in [0.15, 0.2) is 0 Å². The van der Waals surface area contributed by atoms with Gasteiger partial charge in [0, 0.05) is 44.7 Å². The normalized spacial score (nSPS) is 19.7. The lowest BCUT2D eigenvalue weighted by Gasteiger charge is -2.41. The van der Waals surface area contributed by atoms with Crippen LogP contribution in [0.4, 0.5) is 0 Å². The molecule has 2 aliphatic heterocycles. The van der Waals surface area contributed by atoms with Crippen LogP contribution in [-0.2, 0) is 10.2 Å². The Morgan fingerprint density at radius 3 is 2.32 bits per heavy atom. The fraction of sp³-hybridized carbons (Fsp3) is 0.387. The number of allylic oxidation sites excluding steroid dienone is 3. The SMILES string of the molecule is C[C@H](NC(=O)C1(c2ccccc2)CCN(C(=O)c2ccc(C3=NN(C)CC3)cc2)CC1)C1=CC=CCC1. The Balaban J connectivity index is 1.29. The number of nitrogens with zero attached hydrogens (tertiary/aromatic N) is 3. The molecule has 1 aliphatic carbocycles. The summed E-state index contributed by atoms with van der Waals surface area (Å²) in [4.78, 5) is 29.1. The van der Waals surface area contributed by atoms with E-state index < -0.39 is 5.41 Å². The fourth-order valence-corrected chi connectivity index (χ4v) is 5.67. The van der Waals surface area contributed by atoms with Gasteiger partial charge in [-0.2, -0.15) is 5.10 Å². The second-order valence-electron chi connectivity index (χ2n) is 10.4. The van der Waals surface area contributed by atoms with Crippen LogP contribution in [0.25, 0.3) is 0 Å². The molecule has 1 atom stereocenters. The predicted octanol–water partition coefficient (Wildman–Crippen LogP) is 4.68. The number of hydrogen-bond acceptors (Lipinski definition) is 4. The highest BCUT2D eigenvalue weighted by molar-refractivity contribution is 6.02. The molecule has 2 amide bonds. The number of piperidine rings is 1. The van der Waals surface area contributed by atoms with Crippen LogP contribution in [0, 0.1) is 0 Å². The Morgan fingerprint density at radius 1 is 0.973 bits per heavy atom. The van der Waals surface area contributed by atoms with E-state index in [2.05, 4.69) is 35.6 Å². The van der Waals surface area contributed by atoms with Crippen LogP contribution in [0.15, 0.2) is 83.5 Å². The van der Waals surface area contributed by atoms with Gasteiger partial charge < -0.3 is 10.2 Å². The molecule has 192 valence electrons. The van der Waals surface area contributed by atoms with Gasteiger partial charge in [-0.15, -0.1) is 0 Å². The van der Waals surface area contributed by atoms with Crippen LogP contribution in [0.2, 0.25) is 0 Å². The number of benzene rings is 2. The van der Waals surface area contributed by atoms with Gasteiger partial charge in [-0.3, -0.25) is 14.6 Å². The number of amides is 2. The van der Waals surface area contributed by atoms with Gasteiger partial charge >= 0.3 is 0 Å². The van der Waals surface area contributed by atoms with Crippen LogP contribution >= 0.6 is 0 Å². The number of nitrogens with one attached hydrogen (secondary N) is 1. The predicted molar refractivity (Wildman–Crippen MR) is 148 cm³/mol. The molecule has 0 saturated carbocycles. The lowest BCUT2D eigenvalue weighted by Crippen LogP contribution is -2.54. The summed E-state index contributed by atoms with van der Waals surface area (Å²) in [6.45, 7) is 4.08. The van der Waals surface area contributed by atoms with Crippen LogP contribution in [-0.4, -0.2) is 60.2 Å². The molecule has 6 heteroatoms. The van der Waals surface area contributed by atoms with Gasteiger partial charge in [0.2, 0.25) is 5.91 Å². The molecular formula is C31H36N4O2. The maximum absolute atomic E-state index is 13.8. The monoisotopic (exact) mass is 496 g/mol. The van der Waals surface area contributed by atoms with Crippen molar-refractivity contribution in [2.75, 3.05) is 26.7 Å². The van der Waals surface area contributed by atoms with E-state index in [1.54, 1.807) is 0 Å². The van der Waals surface area contributed by atoms with Crippen LogP contribution in [0.1, 0.15) is 60.5 Å². The molecule has 6 nitrogen and oxygen atoms in total. The topological polar surface area (TPSA) is 65.0 Å². The highest BCUT2D eigenvalue weighted by atomic mass is 16.2. The minimum Gasteiger partial charge on any atom is -0.349 e. The quantitative estimate of drug-likeness (QED) is 0.632. The zero-order chi connectivity index (χ0) is 25.8. The Bertz CT molecular complexity index is 1220. The maximum Gasteiger partial charge on any atom is 0.253 e. The minimum absolute atomic E-state index is 0.0135. The summed E-state index contributed by atoms with van der Waals surface area (Å²) in [5, 5.41) is 9.80. The van der Waals surface area contributed by atoms with Crippen molar-refractivity contribution in [3.05, 3.63) is 95.1 Å². The first-order chi connectivity index (χ1) is 18.0.